The number of aliphatic hydroxyl groups is 1. The summed E-state index contributed by atoms with van der Waals surface area (Å²) in [4.78, 5) is 0. The molecule has 4 unspecified atom stereocenters. The van der Waals surface area contributed by atoms with Crippen molar-refractivity contribution in [2.75, 3.05) is 0 Å². The molecule has 4 atom stereocenters. The first-order valence-electron chi connectivity index (χ1n) is 6.41. The van der Waals surface area contributed by atoms with Crippen molar-refractivity contribution in [3.63, 3.8) is 0 Å². The normalized spacial score (nSPS) is 31.8. The van der Waals surface area contributed by atoms with Crippen LogP contribution in [0.3, 0.4) is 0 Å². The second kappa shape index (κ2) is 4.80. The number of hydrogen-bond donors (Lipinski definition) is 1. The van der Waals surface area contributed by atoms with Crippen molar-refractivity contribution in [1.82, 2.24) is 0 Å². The number of benzene rings is 1. The molecular weight excluding hydrogens is 255 g/mol. The van der Waals surface area contributed by atoms with Gasteiger partial charge in [0.2, 0.25) is 0 Å². The van der Waals surface area contributed by atoms with E-state index in [-0.39, 0.29) is 17.8 Å². The highest BCUT2D eigenvalue weighted by molar-refractivity contribution is 6.31. The predicted octanol–water partition coefficient (Wildman–Crippen LogP) is 2.95. The molecule has 98 valence electrons. The second-order valence-electron chi connectivity index (χ2n) is 5.28. The van der Waals surface area contributed by atoms with E-state index in [1.807, 2.05) is 0 Å². The molecule has 0 spiro atoms. The van der Waals surface area contributed by atoms with Gasteiger partial charge in [-0.25, -0.2) is 4.39 Å². The molecule has 2 saturated heterocycles. The molecule has 2 nitrogen and oxygen atoms in total. The zero-order chi connectivity index (χ0) is 12.7. The number of halogens is 2. The molecule has 1 N–H and O–H groups in total. The van der Waals surface area contributed by atoms with Crippen molar-refractivity contribution in [3.8, 4) is 0 Å². The molecule has 2 fully saturated rings. The van der Waals surface area contributed by atoms with E-state index < -0.39 is 6.10 Å². The molecule has 0 aromatic heterocycles. The summed E-state index contributed by atoms with van der Waals surface area (Å²) >= 11 is 6.02. The Bertz CT molecular complexity index is 451. The van der Waals surface area contributed by atoms with Gasteiger partial charge < -0.3 is 9.84 Å². The summed E-state index contributed by atoms with van der Waals surface area (Å²) in [7, 11) is 0. The third-order valence-electron chi connectivity index (χ3n) is 4.08. The van der Waals surface area contributed by atoms with E-state index in [1.165, 1.54) is 18.2 Å². The van der Waals surface area contributed by atoms with Gasteiger partial charge in [-0.15, -0.1) is 0 Å². The quantitative estimate of drug-likeness (QED) is 0.915. The molecule has 2 bridgehead atoms. The number of ether oxygens (including phenoxy) is 1. The zero-order valence-corrected chi connectivity index (χ0v) is 10.7. The van der Waals surface area contributed by atoms with Gasteiger partial charge >= 0.3 is 0 Å². The number of aliphatic hydroxyl groups excluding tert-OH is 1. The minimum Gasteiger partial charge on any atom is -0.392 e. The van der Waals surface area contributed by atoms with Crippen molar-refractivity contribution in [1.29, 1.82) is 0 Å². The van der Waals surface area contributed by atoms with Crippen LogP contribution in [0.2, 0.25) is 5.02 Å². The van der Waals surface area contributed by atoms with Crippen LogP contribution in [0.5, 0.6) is 0 Å². The van der Waals surface area contributed by atoms with Crippen molar-refractivity contribution in [2.45, 2.75) is 44.0 Å². The molecule has 1 aromatic carbocycles. The molecule has 2 aliphatic rings. The Morgan fingerprint density at radius 1 is 1.44 bits per heavy atom. The smallest absolute Gasteiger partial charge is 0.123 e. The summed E-state index contributed by atoms with van der Waals surface area (Å²) in [6, 6.07) is 4.27. The number of fused-ring (bicyclic) bond motifs is 2. The van der Waals surface area contributed by atoms with Crippen LogP contribution < -0.4 is 0 Å². The van der Waals surface area contributed by atoms with Gasteiger partial charge in [-0.05, 0) is 43.0 Å². The average Bonchev–Trinajstić information content (AvgIpc) is 2.96. The van der Waals surface area contributed by atoms with Crippen molar-refractivity contribution < 1.29 is 14.2 Å². The lowest BCUT2D eigenvalue weighted by Gasteiger charge is -2.24. The third kappa shape index (κ3) is 2.27. The predicted molar refractivity (Wildman–Crippen MR) is 67.1 cm³/mol. The highest BCUT2D eigenvalue weighted by Crippen LogP contribution is 2.41. The van der Waals surface area contributed by atoms with Crippen molar-refractivity contribution >= 4 is 11.6 Å². The largest absolute Gasteiger partial charge is 0.392 e. The standard InChI is InChI=1S/C14H16ClFO2/c15-12-3-1-9(16)5-8(12)6-13(17)11-7-10-2-4-14(11)18-10/h1,3,5,10-11,13-14,17H,2,4,6-7H2. The maximum absolute atomic E-state index is 13.2. The molecule has 0 aliphatic carbocycles. The Labute approximate surface area is 111 Å². The fraction of sp³-hybridized carbons (Fsp3) is 0.571. The first kappa shape index (κ1) is 12.4. The molecule has 2 heterocycles. The topological polar surface area (TPSA) is 29.5 Å². The molecule has 18 heavy (non-hydrogen) atoms. The van der Waals surface area contributed by atoms with Crippen LogP contribution in [0.1, 0.15) is 24.8 Å². The van der Waals surface area contributed by atoms with E-state index >= 15 is 0 Å². The van der Waals surface area contributed by atoms with Gasteiger partial charge in [-0.2, -0.15) is 0 Å². The summed E-state index contributed by atoms with van der Waals surface area (Å²) in [6.07, 6.45) is 3.44. The van der Waals surface area contributed by atoms with Crippen LogP contribution in [0.15, 0.2) is 18.2 Å². The zero-order valence-electron chi connectivity index (χ0n) is 9.98. The molecule has 0 amide bonds. The van der Waals surface area contributed by atoms with Gasteiger partial charge in [0.25, 0.3) is 0 Å². The maximum Gasteiger partial charge on any atom is 0.123 e. The first-order valence-corrected chi connectivity index (χ1v) is 6.79. The van der Waals surface area contributed by atoms with E-state index in [0.717, 1.165) is 19.3 Å². The lowest BCUT2D eigenvalue weighted by molar-refractivity contribution is 0.0431. The fourth-order valence-electron chi connectivity index (χ4n) is 3.16. The van der Waals surface area contributed by atoms with Gasteiger partial charge in [0.1, 0.15) is 5.82 Å². The lowest BCUT2D eigenvalue weighted by Crippen LogP contribution is -2.31. The molecule has 0 saturated carbocycles. The van der Waals surface area contributed by atoms with E-state index in [0.29, 0.717) is 23.1 Å². The van der Waals surface area contributed by atoms with E-state index in [4.69, 9.17) is 16.3 Å². The van der Waals surface area contributed by atoms with Crippen LogP contribution in [-0.2, 0) is 11.2 Å². The second-order valence-corrected chi connectivity index (χ2v) is 5.69. The minimum absolute atomic E-state index is 0.170. The number of hydrogen-bond acceptors (Lipinski definition) is 2. The fourth-order valence-corrected chi connectivity index (χ4v) is 3.35. The van der Waals surface area contributed by atoms with Crippen LogP contribution in [-0.4, -0.2) is 23.4 Å². The Morgan fingerprint density at radius 3 is 2.94 bits per heavy atom. The van der Waals surface area contributed by atoms with Crippen LogP contribution in [0.4, 0.5) is 4.39 Å². The average molecular weight is 271 g/mol. The molecular formula is C14H16ClFO2. The molecule has 3 rings (SSSR count). The summed E-state index contributed by atoms with van der Waals surface area (Å²) in [5.74, 6) is -0.145. The van der Waals surface area contributed by atoms with E-state index in [1.54, 1.807) is 0 Å². The lowest BCUT2D eigenvalue weighted by atomic mass is 9.83. The number of rotatable bonds is 3. The summed E-state index contributed by atoms with van der Waals surface area (Å²) in [5.41, 5.74) is 0.673. The minimum atomic E-state index is -0.500. The van der Waals surface area contributed by atoms with Crippen LogP contribution >= 0.6 is 11.6 Å². The monoisotopic (exact) mass is 270 g/mol. The summed E-state index contributed by atoms with van der Waals surface area (Å²) in [5, 5.41) is 10.8. The highest BCUT2D eigenvalue weighted by atomic mass is 35.5. The molecule has 1 aromatic rings. The van der Waals surface area contributed by atoms with Crippen molar-refractivity contribution in [2.24, 2.45) is 5.92 Å². The highest BCUT2D eigenvalue weighted by Gasteiger charge is 2.43. The van der Waals surface area contributed by atoms with Crippen LogP contribution in [0.25, 0.3) is 0 Å². The molecule has 0 radical (unpaired) electrons. The van der Waals surface area contributed by atoms with E-state index in [2.05, 4.69) is 0 Å². The molecule has 4 heteroatoms. The van der Waals surface area contributed by atoms with Gasteiger partial charge in [0, 0.05) is 17.4 Å². The first-order chi connectivity index (χ1) is 8.63. The van der Waals surface area contributed by atoms with Gasteiger partial charge in [-0.1, -0.05) is 11.6 Å². The SMILES string of the molecule is OC(Cc1cc(F)ccc1Cl)C1CC2CCC1O2. The molecule has 2 aliphatic heterocycles. The maximum atomic E-state index is 13.2. The Hall–Kier alpha value is -0.640. The Morgan fingerprint density at radius 2 is 2.28 bits per heavy atom. The van der Waals surface area contributed by atoms with Crippen molar-refractivity contribution in [3.05, 3.63) is 34.6 Å². The third-order valence-corrected chi connectivity index (χ3v) is 4.45. The summed E-state index contributed by atoms with van der Waals surface area (Å²) in [6.45, 7) is 0. The van der Waals surface area contributed by atoms with E-state index in [9.17, 15) is 9.50 Å². The Kier molecular flexibility index (Phi) is 3.31. The van der Waals surface area contributed by atoms with Gasteiger partial charge in [0.05, 0.1) is 18.3 Å². The van der Waals surface area contributed by atoms with Gasteiger partial charge in [0.15, 0.2) is 0 Å². The van der Waals surface area contributed by atoms with Crippen LogP contribution in [0, 0.1) is 11.7 Å². The Balaban J connectivity index is 1.70. The van der Waals surface area contributed by atoms with Gasteiger partial charge in [-0.3, -0.25) is 0 Å². The summed E-state index contributed by atoms with van der Waals surface area (Å²) < 4.78 is 18.9.